The molecule has 3 aromatic rings. The van der Waals surface area contributed by atoms with E-state index in [4.69, 9.17) is 4.74 Å². The van der Waals surface area contributed by atoms with Gasteiger partial charge < -0.3 is 10.1 Å². The summed E-state index contributed by atoms with van der Waals surface area (Å²) in [5.41, 5.74) is 0.763. The van der Waals surface area contributed by atoms with Crippen molar-refractivity contribution in [3.8, 4) is 0 Å². The molecule has 1 atom stereocenters. The molecular formula is C24H16N2O7. The van der Waals surface area contributed by atoms with E-state index in [1.807, 2.05) is 0 Å². The van der Waals surface area contributed by atoms with E-state index in [1.165, 1.54) is 31.2 Å². The number of nitrogens with one attached hydrogen (secondary N) is 1. The van der Waals surface area contributed by atoms with Gasteiger partial charge in [0, 0.05) is 28.8 Å². The molecule has 0 spiro atoms. The summed E-state index contributed by atoms with van der Waals surface area (Å²) in [4.78, 5) is 60.9. The van der Waals surface area contributed by atoms with Crippen molar-refractivity contribution >= 4 is 34.8 Å². The van der Waals surface area contributed by atoms with Gasteiger partial charge in [-0.15, -0.1) is 0 Å². The number of nitro groups is 1. The molecule has 164 valence electrons. The second kappa shape index (κ2) is 8.46. The van der Waals surface area contributed by atoms with Crippen LogP contribution in [-0.4, -0.2) is 34.5 Å². The Kier molecular flexibility index (Phi) is 5.53. The van der Waals surface area contributed by atoms with Crippen molar-refractivity contribution in [3.63, 3.8) is 0 Å². The minimum Gasteiger partial charge on any atom is -0.449 e. The molecule has 0 aromatic heterocycles. The van der Waals surface area contributed by atoms with E-state index in [0.29, 0.717) is 5.56 Å². The molecule has 1 unspecified atom stereocenters. The predicted molar refractivity (Wildman–Crippen MR) is 116 cm³/mol. The van der Waals surface area contributed by atoms with Crippen molar-refractivity contribution in [1.82, 2.24) is 0 Å². The maximum absolute atomic E-state index is 13.0. The number of hydrogen-bond acceptors (Lipinski definition) is 7. The second-order valence-corrected chi connectivity index (χ2v) is 7.27. The number of carbonyl (C=O) groups is 4. The number of ether oxygens (including phenoxy) is 1. The number of nitro benzene ring substituents is 1. The van der Waals surface area contributed by atoms with Crippen molar-refractivity contribution in [3.05, 3.63) is 105 Å². The molecule has 9 heteroatoms. The number of nitrogens with zero attached hydrogens (tertiary/aromatic N) is 1. The number of non-ortho nitro benzene ring substituents is 1. The van der Waals surface area contributed by atoms with Crippen LogP contribution in [0.3, 0.4) is 0 Å². The van der Waals surface area contributed by atoms with Gasteiger partial charge in [0.2, 0.25) is 0 Å². The highest BCUT2D eigenvalue weighted by atomic mass is 16.6. The third-order valence-corrected chi connectivity index (χ3v) is 5.18. The first kappa shape index (κ1) is 21.6. The topological polar surface area (TPSA) is 133 Å². The number of hydrogen-bond donors (Lipinski definition) is 1. The zero-order valence-corrected chi connectivity index (χ0v) is 17.2. The number of benzene rings is 3. The Morgan fingerprint density at radius 3 is 2.12 bits per heavy atom. The van der Waals surface area contributed by atoms with E-state index < -0.39 is 28.7 Å². The van der Waals surface area contributed by atoms with Gasteiger partial charge in [-0.1, -0.05) is 36.4 Å². The predicted octanol–water partition coefficient (Wildman–Crippen LogP) is 3.55. The molecule has 0 fully saturated rings. The Bertz CT molecular complexity index is 1330. The van der Waals surface area contributed by atoms with E-state index >= 15 is 0 Å². The molecule has 1 amide bonds. The van der Waals surface area contributed by atoms with E-state index in [-0.39, 0.29) is 39.4 Å². The largest absolute Gasteiger partial charge is 0.449 e. The highest BCUT2D eigenvalue weighted by Gasteiger charge is 2.32. The molecule has 4 rings (SSSR count). The standard InChI is InChI=1S/C24H16N2O7/c1-13(33-24(30)14-9-11-15(12-10-14)26(31)32)23(29)25-19-8-4-7-18-20(19)22(28)17-6-3-2-5-16(17)21(18)27/h2-13H,1H3,(H,25,29). The van der Waals surface area contributed by atoms with Gasteiger partial charge in [-0.05, 0) is 25.1 Å². The fourth-order valence-electron chi connectivity index (χ4n) is 3.48. The first-order valence-corrected chi connectivity index (χ1v) is 9.85. The van der Waals surface area contributed by atoms with Crippen LogP contribution in [0.5, 0.6) is 0 Å². The summed E-state index contributed by atoms with van der Waals surface area (Å²) in [5, 5.41) is 13.3. The molecule has 3 aromatic carbocycles. The van der Waals surface area contributed by atoms with Gasteiger partial charge in [-0.25, -0.2) is 4.79 Å². The van der Waals surface area contributed by atoms with Crippen LogP contribution in [0.4, 0.5) is 11.4 Å². The van der Waals surface area contributed by atoms with Crippen LogP contribution < -0.4 is 5.32 Å². The van der Waals surface area contributed by atoms with E-state index in [2.05, 4.69) is 5.32 Å². The highest BCUT2D eigenvalue weighted by Crippen LogP contribution is 2.32. The van der Waals surface area contributed by atoms with E-state index in [0.717, 1.165) is 12.1 Å². The van der Waals surface area contributed by atoms with Crippen LogP contribution in [0.1, 0.15) is 49.1 Å². The third-order valence-electron chi connectivity index (χ3n) is 5.18. The number of rotatable bonds is 5. The summed E-state index contributed by atoms with van der Waals surface area (Å²) >= 11 is 0. The fraction of sp³-hybridized carbons (Fsp3) is 0.0833. The molecular weight excluding hydrogens is 428 g/mol. The molecule has 0 saturated carbocycles. The van der Waals surface area contributed by atoms with Gasteiger partial charge in [-0.3, -0.25) is 24.5 Å². The molecule has 0 bridgehead atoms. The summed E-state index contributed by atoms with van der Waals surface area (Å²) in [6, 6.07) is 15.7. The Hall–Kier alpha value is -4.66. The lowest BCUT2D eigenvalue weighted by Crippen LogP contribution is -2.31. The molecule has 1 N–H and O–H groups in total. The van der Waals surface area contributed by atoms with E-state index in [9.17, 15) is 29.3 Å². The van der Waals surface area contributed by atoms with Crippen molar-refractivity contribution in [2.45, 2.75) is 13.0 Å². The lowest BCUT2D eigenvalue weighted by atomic mass is 9.83. The summed E-state index contributed by atoms with van der Waals surface area (Å²) in [5.74, 6) is -2.28. The van der Waals surface area contributed by atoms with Crippen molar-refractivity contribution < 1.29 is 28.8 Å². The molecule has 0 heterocycles. The van der Waals surface area contributed by atoms with Gasteiger partial charge in [0.1, 0.15) is 0 Å². The number of ketones is 2. The minimum absolute atomic E-state index is 0.0368. The highest BCUT2D eigenvalue weighted by molar-refractivity contribution is 6.30. The Labute approximate surface area is 187 Å². The fourth-order valence-corrected chi connectivity index (χ4v) is 3.48. The Balaban J connectivity index is 1.52. The van der Waals surface area contributed by atoms with Crippen LogP contribution >= 0.6 is 0 Å². The maximum atomic E-state index is 13.0. The molecule has 0 aliphatic heterocycles. The minimum atomic E-state index is -1.25. The van der Waals surface area contributed by atoms with Gasteiger partial charge in [0.15, 0.2) is 17.7 Å². The Morgan fingerprint density at radius 1 is 0.879 bits per heavy atom. The molecule has 9 nitrogen and oxygen atoms in total. The number of anilines is 1. The summed E-state index contributed by atoms with van der Waals surface area (Å²) in [6.45, 7) is 1.34. The lowest BCUT2D eigenvalue weighted by molar-refractivity contribution is -0.384. The molecule has 0 radical (unpaired) electrons. The average Bonchev–Trinajstić information content (AvgIpc) is 2.82. The van der Waals surface area contributed by atoms with Crippen LogP contribution in [0.15, 0.2) is 66.7 Å². The summed E-state index contributed by atoms with van der Waals surface area (Å²) in [7, 11) is 0. The van der Waals surface area contributed by atoms with Crippen LogP contribution in [-0.2, 0) is 9.53 Å². The van der Waals surface area contributed by atoms with Crippen molar-refractivity contribution in [2.75, 3.05) is 5.32 Å². The molecule has 1 aliphatic rings. The van der Waals surface area contributed by atoms with Crippen LogP contribution in [0.25, 0.3) is 0 Å². The van der Waals surface area contributed by atoms with Crippen molar-refractivity contribution in [2.24, 2.45) is 0 Å². The summed E-state index contributed by atoms with van der Waals surface area (Å²) < 4.78 is 5.15. The summed E-state index contributed by atoms with van der Waals surface area (Å²) in [6.07, 6.45) is -1.25. The lowest BCUT2D eigenvalue weighted by Gasteiger charge is -2.21. The maximum Gasteiger partial charge on any atom is 0.338 e. The molecule has 33 heavy (non-hydrogen) atoms. The average molecular weight is 444 g/mol. The number of esters is 1. The molecule has 0 saturated heterocycles. The molecule has 1 aliphatic carbocycles. The normalized spacial score (nSPS) is 12.9. The van der Waals surface area contributed by atoms with Gasteiger partial charge >= 0.3 is 5.97 Å². The zero-order valence-electron chi connectivity index (χ0n) is 17.2. The Morgan fingerprint density at radius 2 is 1.48 bits per heavy atom. The SMILES string of the molecule is CC(OC(=O)c1ccc([N+](=O)[O-])cc1)C(=O)Nc1cccc2c1C(=O)c1ccccc1C2=O. The van der Waals surface area contributed by atoms with Gasteiger partial charge in [0.25, 0.3) is 11.6 Å². The monoisotopic (exact) mass is 444 g/mol. The quantitative estimate of drug-likeness (QED) is 0.283. The first-order valence-electron chi connectivity index (χ1n) is 9.85. The van der Waals surface area contributed by atoms with Crippen LogP contribution in [0, 0.1) is 10.1 Å². The zero-order chi connectivity index (χ0) is 23.7. The van der Waals surface area contributed by atoms with E-state index in [1.54, 1.807) is 30.3 Å². The number of amides is 1. The van der Waals surface area contributed by atoms with Gasteiger partial charge in [0.05, 0.1) is 21.7 Å². The smallest absolute Gasteiger partial charge is 0.338 e. The van der Waals surface area contributed by atoms with Crippen molar-refractivity contribution in [1.29, 1.82) is 0 Å². The second-order valence-electron chi connectivity index (χ2n) is 7.27. The number of fused-ring (bicyclic) bond motifs is 2. The third kappa shape index (κ3) is 3.99. The van der Waals surface area contributed by atoms with Crippen LogP contribution in [0.2, 0.25) is 0 Å². The van der Waals surface area contributed by atoms with Gasteiger partial charge in [-0.2, -0.15) is 0 Å². The number of carbonyl (C=O) groups excluding carboxylic acids is 4. The first-order chi connectivity index (χ1) is 15.8.